The molecule has 2 unspecified atom stereocenters. The summed E-state index contributed by atoms with van der Waals surface area (Å²) >= 11 is 2.07. The van der Waals surface area contributed by atoms with Gasteiger partial charge in [-0.1, -0.05) is 36.8 Å². The van der Waals surface area contributed by atoms with Gasteiger partial charge in [-0.05, 0) is 37.0 Å². The van der Waals surface area contributed by atoms with Gasteiger partial charge in [0.05, 0.1) is 0 Å². The highest BCUT2D eigenvalue weighted by atomic mass is 127. The third-order valence-electron chi connectivity index (χ3n) is 3.97. The highest BCUT2D eigenvalue weighted by Gasteiger charge is 2.15. The number of benzene rings is 1. The molecule has 1 aliphatic rings. The van der Waals surface area contributed by atoms with E-state index in [2.05, 4.69) is 65.5 Å². The van der Waals surface area contributed by atoms with Crippen molar-refractivity contribution in [2.45, 2.75) is 37.9 Å². The molecule has 0 aromatic heterocycles. The van der Waals surface area contributed by atoms with Gasteiger partial charge in [0.25, 0.3) is 0 Å². The first-order chi connectivity index (χ1) is 10.2. The lowest BCUT2D eigenvalue weighted by molar-refractivity contribution is 0.685. The number of thioether (sulfide) groups is 1. The molecule has 2 N–H and O–H groups in total. The van der Waals surface area contributed by atoms with Crippen LogP contribution in [-0.4, -0.2) is 37.1 Å². The molecule has 124 valence electrons. The second kappa shape index (κ2) is 10.4. The molecule has 0 radical (unpaired) electrons. The van der Waals surface area contributed by atoms with Crippen LogP contribution in [0.5, 0.6) is 0 Å². The zero-order chi connectivity index (χ0) is 15.1. The van der Waals surface area contributed by atoms with Gasteiger partial charge < -0.3 is 10.6 Å². The smallest absolute Gasteiger partial charge is 0.191 e. The van der Waals surface area contributed by atoms with Crippen molar-refractivity contribution in [3.63, 3.8) is 0 Å². The molecule has 1 saturated heterocycles. The Balaban J connectivity index is 0.00000242. The second-order valence-corrected chi connectivity index (χ2v) is 7.19. The lowest BCUT2D eigenvalue weighted by Gasteiger charge is -2.18. The highest BCUT2D eigenvalue weighted by Crippen LogP contribution is 2.25. The number of nitrogens with zero attached hydrogens (tertiary/aromatic N) is 1. The number of rotatable bonds is 5. The summed E-state index contributed by atoms with van der Waals surface area (Å²) in [5.41, 5.74) is 2.68. The molecule has 1 aromatic rings. The van der Waals surface area contributed by atoms with Crippen LogP contribution in [0, 0.1) is 6.92 Å². The van der Waals surface area contributed by atoms with Crippen molar-refractivity contribution in [2.24, 2.45) is 4.99 Å². The Morgan fingerprint density at radius 3 is 2.64 bits per heavy atom. The molecular formula is C17H28IN3S. The molecule has 2 rings (SSSR count). The topological polar surface area (TPSA) is 36.4 Å². The number of nitrogens with one attached hydrogen (secondary N) is 2. The van der Waals surface area contributed by atoms with Gasteiger partial charge in [0.2, 0.25) is 0 Å². The Morgan fingerprint density at radius 2 is 2.05 bits per heavy atom. The standard InChI is InChI=1S/C17H27N3S.HI/c1-13-6-8-15(9-7-13)14(2)11-19-17(18-3)20-12-16-5-4-10-21-16;/h6-9,14,16H,4-5,10-12H2,1-3H3,(H2,18,19,20);1H. The predicted octanol–water partition coefficient (Wildman–Crippen LogP) is 3.78. The van der Waals surface area contributed by atoms with Gasteiger partial charge in [-0.15, -0.1) is 24.0 Å². The molecule has 0 bridgehead atoms. The Morgan fingerprint density at radius 1 is 1.32 bits per heavy atom. The summed E-state index contributed by atoms with van der Waals surface area (Å²) in [7, 11) is 1.84. The van der Waals surface area contributed by atoms with Gasteiger partial charge in [0.15, 0.2) is 5.96 Å². The fourth-order valence-electron chi connectivity index (χ4n) is 2.50. The number of guanidine groups is 1. The average molecular weight is 433 g/mol. The molecule has 0 spiro atoms. The van der Waals surface area contributed by atoms with Crippen molar-refractivity contribution in [1.29, 1.82) is 0 Å². The van der Waals surface area contributed by atoms with Crippen LogP contribution in [0.1, 0.15) is 36.8 Å². The average Bonchev–Trinajstić information content (AvgIpc) is 3.01. The first kappa shape index (κ1) is 19.6. The third-order valence-corrected chi connectivity index (χ3v) is 5.37. The maximum Gasteiger partial charge on any atom is 0.191 e. The summed E-state index contributed by atoms with van der Waals surface area (Å²) in [5.74, 6) is 2.70. The normalized spacial score (nSPS) is 19.4. The van der Waals surface area contributed by atoms with Crippen LogP contribution in [0.25, 0.3) is 0 Å². The quantitative estimate of drug-likeness (QED) is 0.422. The monoisotopic (exact) mass is 433 g/mol. The van der Waals surface area contributed by atoms with Crippen molar-refractivity contribution in [3.05, 3.63) is 35.4 Å². The van der Waals surface area contributed by atoms with Crippen molar-refractivity contribution < 1.29 is 0 Å². The van der Waals surface area contributed by atoms with E-state index in [1.165, 1.54) is 29.7 Å². The largest absolute Gasteiger partial charge is 0.356 e. The Labute approximate surface area is 156 Å². The van der Waals surface area contributed by atoms with Gasteiger partial charge in [0, 0.05) is 25.4 Å². The Hall–Kier alpha value is -0.430. The molecule has 0 amide bonds. The van der Waals surface area contributed by atoms with Gasteiger partial charge in [-0.2, -0.15) is 11.8 Å². The first-order valence-electron chi connectivity index (χ1n) is 7.81. The Kier molecular flexibility index (Phi) is 9.24. The number of aryl methyl sites for hydroxylation is 1. The van der Waals surface area contributed by atoms with E-state index in [9.17, 15) is 0 Å². The van der Waals surface area contributed by atoms with Crippen molar-refractivity contribution >= 4 is 41.7 Å². The van der Waals surface area contributed by atoms with E-state index in [0.717, 1.165) is 24.3 Å². The van der Waals surface area contributed by atoms with E-state index < -0.39 is 0 Å². The fraction of sp³-hybridized carbons (Fsp3) is 0.588. The minimum atomic E-state index is 0. The zero-order valence-electron chi connectivity index (χ0n) is 13.8. The summed E-state index contributed by atoms with van der Waals surface area (Å²) in [6, 6.07) is 8.78. The summed E-state index contributed by atoms with van der Waals surface area (Å²) < 4.78 is 0. The van der Waals surface area contributed by atoms with Crippen molar-refractivity contribution in [1.82, 2.24) is 10.6 Å². The van der Waals surface area contributed by atoms with Crippen LogP contribution >= 0.6 is 35.7 Å². The molecule has 1 aliphatic heterocycles. The van der Waals surface area contributed by atoms with Gasteiger partial charge in [-0.25, -0.2) is 0 Å². The van der Waals surface area contributed by atoms with E-state index >= 15 is 0 Å². The van der Waals surface area contributed by atoms with Gasteiger partial charge >= 0.3 is 0 Å². The fourth-order valence-corrected chi connectivity index (χ4v) is 3.70. The van der Waals surface area contributed by atoms with Crippen LogP contribution < -0.4 is 10.6 Å². The lowest BCUT2D eigenvalue weighted by Crippen LogP contribution is -2.41. The number of hydrogen-bond acceptors (Lipinski definition) is 2. The first-order valence-corrected chi connectivity index (χ1v) is 8.86. The molecule has 1 aromatic carbocycles. The maximum absolute atomic E-state index is 4.31. The number of halogens is 1. The van der Waals surface area contributed by atoms with E-state index in [4.69, 9.17) is 0 Å². The summed E-state index contributed by atoms with van der Waals surface area (Å²) in [6.45, 7) is 6.29. The van der Waals surface area contributed by atoms with E-state index in [0.29, 0.717) is 5.92 Å². The molecule has 0 saturated carbocycles. The lowest BCUT2D eigenvalue weighted by atomic mass is 10.0. The summed E-state index contributed by atoms with van der Waals surface area (Å²) in [5, 5.41) is 7.63. The minimum Gasteiger partial charge on any atom is -0.356 e. The second-order valence-electron chi connectivity index (χ2n) is 5.78. The molecule has 3 nitrogen and oxygen atoms in total. The molecule has 2 atom stereocenters. The van der Waals surface area contributed by atoms with Crippen molar-refractivity contribution in [2.75, 3.05) is 25.9 Å². The minimum absolute atomic E-state index is 0. The molecule has 5 heteroatoms. The van der Waals surface area contributed by atoms with Crippen LogP contribution in [-0.2, 0) is 0 Å². The number of aliphatic imine (C=N–C) groups is 1. The highest BCUT2D eigenvalue weighted by molar-refractivity contribution is 14.0. The molecule has 22 heavy (non-hydrogen) atoms. The Bertz CT molecular complexity index is 455. The SMILES string of the molecule is CN=C(NCC1CCCS1)NCC(C)c1ccc(C)cc1.I. The number of hydrogen-bond donors (Lipinski definition) is 2. The molecule has 0 aliphatic carbocycles. The van der Waals surface area contributed by atoms with E-state index in [1.54, 1.807) is 0 Å². The van der Waals surface area contributed by atoms with Crippen LogP contribution in [0.2, 0.25) is 0 Å². The van der Waals surface area contributed by atoms with Crippen LogP contribution in [0.3, 0.4) is 0 Å². The van der Waals surface area contributed by atoms with Crippen molar-refractivity contribution in [3.8, 4) is 0 Å². The molecule has 1 heterocycles. The van der Waals surface area contributed by atoms with Gasteiger partial charge in [-0.3, -0.25) is 4.99 Å². The summed E-state index contributed by atoms with van der Waals surface area (Å²) in [4.78, 5) is 4.31. The molecular weight excluding hydrogens is 405 g/mol. The molecule has 1 fully saturated rings. The summed E-state index contributed by atoms with van der Waals surface area (Å²) in [6.07, 6.45) is 2.68. The predicted molar refractivity (Wildman–Crippen MR) is 110 cm³/mol. The van der Waals surface area contributed by atoms with E-state index in [1.807, 2.05) is 7.05 Å². The van der Waals surface area contributed by atoms with E-state index in [-0.39, 0.29) is 24.0 Å². The zero-order valence-corrected chi connectivity index (χ0v) is 16.9. The third kappa shape index (κ3) is 6.36. The maximum atomic E-state index is 4.31. The van der Waals surface area contributed by atoms with Crippen LogP contribution in [0.4, 0.5) is 0 Å². The van der Waals surface area contributed by atoms with Gasteiger partial charge in [0.1, 0.15) is 0 Å². The van der Waals surface area contributed by atoms with Crippen LogP contribution in [0.15, 0.2) is 29.3 Å².